The van der Waals surface area contributed by atoms with E-state index in [1.54, 1.807) is 17.0 Å². The monoisotopic (exact) mass is 264 g/mol. The molecule has 1 aromatic heterocycles. The molecule has 0 amide bonds. The van der Waals surface area contributed by atoms with Gasteiger partial charge in [-0.05, 0) is 42.6 Å². The molecule has 0 aliphatic heterocycles. The minimum Gasteiger partial charge on any atom is -0.306 e. The van der Waals surface area contributed by atoms with Crippen molar-refractivity contribution in [2.75, 3.05) is 0 Å². The highest BCUT2D eigenvalue weighted by Gasteiger charge is 2.25. The molecule has 5 heteroatoms. The van der Waals surface area contributed by atoms with Gasteiger partial charge in [0, 0.05) is 17.8 Å². The summed E-state index contributed by atoms with van der Waals surface area (Å²) >= 11 is 5.33. The van der Waals surface area contributed by atoms with Crippen LogP contribution in [-0.4, -0.2) is 14.8 Å². The van der Waals surface area contributed by atoms with E-state index < -0.39 is 11.1 Å². The molecule has 0 spiro atoms. The maximum absolute atomic E-state index is 13.3. The van der Waals surface area contributed by atoms with Gasteiger partial charge < -0.3 is 4.57 Å². The van der Waals surface area contributed by atoms with Crippen molar-refractivity contribution in [3.05, 3.63) is 47.8 Å². The van der Waals surface area contributed by atoms with Crippen molar-refractivity contribution in [3.8, 4) is 5.69 Å². The van der Waals surface area contributed by atoms with Gasteiger partial charge in [0.2, 0.25) is 0 Å². The maximum atomic E-state index is 13.3. The highest BCUT2D eigenvalue weighted by Crippen LogP contribution is 2.39. The lowest BCUT2D eigenvalue weighted by molar-refractivity contribution is 0.107. The lowest BCUT2D eigenvalue weighted by Crippen LogP contribution is -1.98. The molecular formula is C13H10ClFN2O. The summed E-state index contributed by atoms with van der Waals surface area (Å²) in [5.74, 6) is -0.0536. The zero-order valence-electron chi connectivity index (χ0n) is 9.44. The first kappa shape index (κ1) is 11.4. The Labute approximate surface area is 108 Å². The summed E-state index contributed by atoms with van der Waals surface area (Å²) in [5, 5.41) is -0.795. The Bertz CT molecular complexity index is 619. The lowest BCUT2D eigenvalue weighted by atomic mass is 10.2. The van der Waals surface area contributed by atoms with Gasteiger partial charge in [-0.2, -0.15) is 0 Å². The molecular weight excluding hydrogens is 255 g/mol. The smallest absolute Gasteiger partial charge is 0.255 e. The number of carbonyl (C=O) groups excluding carboxylic acids is 1. The fourth-order valence-electron chi connectivity index (χ4n) is 1.89. The van der Waals surface area contributed by atoms with Gasteiger partial charge in [-0.15, -0.1) is 0 Å². The molecule has 1 fully saturated rings. The minimum absolute atomic E-state index is 0.115. The van der Waals surface area contributed by atoms with Crippen LogP contribution in [0.15, 0.2) is 30.7 Å². The number of nitrogens with zero attached hydrogens (tertiary/aromatic N) is 2. The predicted molar refractivity (Wildman–Crippen MR) is 65.7 cm³/mol. The first-order valence-electron chi connectivity index (χ1n) is 5.69. The van der Waals surface area contributed by atoms with Gasteiger partial charge in [0.05, 0.1) is 17.6 Å². The highest BCUT2D eigenvalue weighted by atomic mass is 35.5. The molecule has 1 aliphatic carbocycles. The molecule has 3 nitrogen and oxygen atoms in total. The van der Waals surface area contributed by atoms with Crippen LogP contribution in [0.3, 0.4) is 0 Å². The molecule has 0 saturated heterocycles. The first-order chi connectivity index (χ1) is 8.65. The van der Waals surface area contributed by atoms with E-state index in [1.165, 1.54) is 25.0 Å². The molecule has 0 bridgehead atoms. The van der Waals surface area contributed by atoms with E-state index in [2.05, 4.69) is 4.98 Å². The van der Waals surface area contributed by atoms with E-state index >= 15 is 0 Å². The summed E-state index contributed by atoms with van der Waals surface area (Å²) in [6.45, 7) is 0. The van der Waals surface area contributed by atoms with Crippen molar-refractivity contribution in [1.82, 2.24) is 9.55 Å². The first-order valence-corrected chi connectivity index (χ1v) is 6.06. The molecule has 1 aromatic carbocycles. The Hall–Kier alpha value is -1.68. The summed E-state index contributed by atoms with van der Waals surface area (Å²) in [7, 11) is 0. The molecule has 92 valence electrons. The Balaban J connectivity index is 1.99. The SMILES string of the molecule is O=C(Cl)c1cc(-n2cnc(C3CC3)c2)ccc1F. The van der Waals surface area contributed by atoms with Crippen LogP contribution in [0, 0.1) is 5.82 Å². The third-order valence-electron chi connectivity index (χ3n) is 3.06. The predicted octanol–water partition coefficient (Wildman–Crippen LogP) is 3.27. The van der Waals surface area contributed by atoms with Crippen LogP contribution in [0.5, 0.6) is 0 Å². The van der Waals surface area contributed by atoms with Crippen molar-refractivity contribution in [3.63, 3.8) is 0 Å². The Morgan fingerprint density at radius 1 is 1.44 bits per heavy atom. The maximum Gasteiger partial charge on any atom is 0.255 e. The quantitative estimate of drug-likeness (QED) is 0.798. The Morgan fingerprint density at radius 3 is 2.89 bits per heavy atom. The molecule has 1 saturated carbocycles. The molecule has 0 N–H and O–H groups in total. The van der Waals surface area contributed by atoms with E-state index in [0.717, 1.165) is 5.69 Å². The summed E-state index contributed by atoms with van der Waals surface area (Å²) < 4.78 is 15.1. The van der Waals surface area contributed by atoms with Crippen LogP contribution < -0.4 is 0 Å². The third-order valence-corrected chi connectivity index (χ3v) is 3.26. The van der Waals surface area contributed by atoms with Crippen molar-refractivity contribution in [1.29, 1.82) is 0 Å². The van der Waals surface area contributed by atoms with E-state index in [1.807, 2.05) is 6.20 Å². The normalized spacial score (nSPS) is 14.8. The van der Waals surface area contributed by atoms with Gasteiger partial charge in [0.1, 0.15) is 5.82 Å². The van der Waals surface area contributed by atoms with E-state index in [0.29, 0.717) is 11.6 Å². The second kappa shape index (κ2) is 4.21. The van der Waals surface area contributed by atoms with Gasteiger partial charge in [-0.3, -0.25) is 4.79 Å². The molecule has 1 heterocycles. The van der Waals surface area contributed by atoms with Gasteiger partial charge in [0.15, 0.2) is 0 Å². The van der Waals surface area contributed by atoms with Crippen LogP contribution in [0.2, 0.25) is 0 Å². The van der Waals surface area contributed by atoms with Crippen molar-refractivity contribution >= 4 is 16.8 Å². The van der Waals surface area contributed by atoms with Gasteiger partial charge in [0.25, 0.3) is 5.24 Å². The fourth-order valence-corrected chi connectivity index (χ4v) is 2.04. The van der Waals surface area contributed by atoms with Crippen LogP contribution in [-0.2, 0) is 0 Å². The summed E-state index contributed by atoms with van der Waals surface area (Å²) in [4.78, 5) is 15.4. The van der Waals surface area contributed by atoms with E-state index in [4.69, 9.17) is 11.6 Å². The largest absolute Gasteiger partial charge is 0.306 e. The standard InChI is InChI=1S/C13H10ClFN2O/c14-13(18)10-5-9(3-4-11(10)15)17-6-12(16-7-17)8-1-2-8/h3-8H,1-2H2. The van der Waals surface area contributed by atoms with Crippen LogP contribution in [0.4, 0.5) is 4.39 Å². The topological polar surface area (TPSA) is 34.9 Å². The Kier molecular flexibility index (Phi) is 2.67. The van der Waals surface area contributed by atoms with Crippen molar-refractivity contribution in [2.45, 2.75) is 18.8 Å². The van der Waals surface area contributed by atoms with Crippen LogP contribution in [0.25, 0.3) is 5.69 Å². The van der Waals surface area contributed by atoms with Crippen LogP contribution in [0.1, 0.15) is 34.8 Å². The van der Waals surface area contributed by atoms with Crippen molar-refractivity contribution in [2.24, 2.45) is 0 Å². The van der Waals surface area contributed by atoms with Gasteiger partial charge in [-0.1, -0.05) is 0 Å². The molecule has 1 aliphatic rings. The molecule has 2 aromatic rings. The summed E-state index contributed by atoms with van der Waals surface area (Å²) in [5.41, 5.74) is 1.61. The lowest BCUT2D eigenvalue weighted by Gasteiger charge is -2.04. The average Bonchev–Trinajstić information content (AvgIpc) is 3.08. The number of aromatic nitrogens is 2. The second-order valence-electron chi connectivity index (χ2n) is 4.42. The Morgan fingerprint density at radius 2 is 2.22 bits per heavy atom. The zero-order valence-corrected chi connectivity index (χ0v) is 10.2. The van der Waals surface area contributed by atoms with Gasteiger partial charge >= 0.3 is 0 Å². The number of halogens is 2. The average molecular weight is 265 g/mol. The number of rotatable bonds is 3. The molecule has 0 atom stereocenters. The number of carbonyl (C=O) groups is 1. The van der Waals surface area contributed by atoms with Crippen molar-refractivity contribution < 1.29 is 9.18 Å². The third kappa shape index (κ3) is 2.04. The van der Waals surface area contributed by atoms with Crippen LogP contribution >= 0.6 is 11.6 Å². The number of hydrogen-bond acceptors (Lipinski definition) is 2. The summed E-state index contributed by atoms with van der Waals surface area (Å²) in [6, 6.07) is 4.27. The number of hydrogen-bond donors (Lipinski definition) is 0. The van der Waals surface area contributed by atoms with E-state index in [-0.39, 0.29) is 5.56 Å². The molecule has 0 unspecified atom stereocenters. The zero-order chi connectivity index (χ0) is 12.7. The molecule has 18 heavy (non-hydrogen) atoms. The molecule has 0 radical (unpaired) electrons. The number of imidazole rings is 1. The number of benzene rings is 1. The van der Waals surface area contributed by atoms with Gasteiger partial charge in [-0.25, -0.2) is 9.37 Å². The summed E-state index contributed by atoms with van der Waals surface area (Å²) in [6.07, 6.45) is 5.93. The second-order valence-corrected chi connectivity index (χ2v) is 4.76. The fraction of sp³-hybridized carbons (Fsp3) is 0.231. The molecule has 3 rings (SSSR count). The highest BCUT2D eigenvalue weighted by molar-refractivity contribution is 6.67. The minimum atomic E-state index is -0.795. The van der Waals surface area contributed by atoms with E-state index in [9.17, 15) is 9.18 Å².